The number of halogens is 2. The number of nitrogens with one attached hydrogen (secondary N) is 2. The molecule has 146 valence electrons. The third kappa shape index (κ3) is 6.10. The number of ether oxygens (including phenoxy) is 1. The zero-order chi connectivity index (χ0) is 20.0. The van der Waals surface area contributed by atoms with Crippen molar-refractivity contribution < 1.29 is 17.9 Å². The lowest BCUT2D eigenvalue weighted by atomic mass is 10.3. The fraction of sp³-hybridized carbons (Fsp3) is 0.278. The second kappa shape index (κ2) is 9.41. The van der Waals surface area contributed by atoms with Gasteiger partial charge in [0, 0.05) is 6.04 Å². The van der Waals surface area contributed by atoms with E-state index in [0.717, 1.165) is 0 Å². The number of hydrogen-bond acceptors (Lipinski definition) is 4. The van der Waals surface area contributed by atoms with Gasteiger partial charge in [-0.1, -0.05) is 36.2 Å². The van der Waals surface area contributed by atoms with Crippen LogP contribution >= 0.6 is 23.2 Å². The molecular weight excluding hydrogens is 411 g/mol. The highest BCUT2D eigenvalue weighted by atomic mass is 35.5. The monoisotopic (exact) mass is 430 g/mol. The first-order valence-electron chi connectivity index (χ1n) is 8.22. The Bertz CT molecular complexity index is 902. The number of rotatable bonds is 8. The Morgan fingerprint density at radius 2 is 1.81 bits per heavy atom. The quantitative estimate of drug-likeness (QED) is 0.660. The number of benzene rings is 2. The van der Waals surface area contributed by atoms with Crippen molar-refractivity contribution >= 4 is 44.8 Å². The van der Waals surface area contributed by atoms with E-state index in [2.05, 4.69) is 10.0 Å². The van der Waals surface area contributed by atoms with Gasteiger partial charge < -0.3 is 10.1 Å². The van der Waals surface area contributed by atoms with Gasteiger partial charge in [0.25, 0.3) is 5.91 Å². The van der Waals surface area contributed by atoms with Crippen molar-refractivity contribution in [2.75, 3.05) is 11.9 Å². The van der Waals surface area contributed by atoms with E-state index in [1.54, 1.807) is 25.1 Å². The maximum atomic E-state index is 12.2. The van der Waals surface area contributed by atoms with E-state index in [0.29, 0.717) is 22.9 Å². The summed E-state index contributed by atoms with van der Waals surface area (Å²) in [4.78, 5) is 12.1. The maximum Gasteiger partial charge on any atom is 0.262 e. The molecule has 0 aliphatic heterocycles. The van der Waals surface area contributed by atoms with Gasteiger partial charge >= 0.3 is 0 Å². The van der Waals surface area contributed by atoms with E-state index in [-0.39, 0.29) is 22.6 Å². The van der Waals surface area contributed by atoms with E-state index >= 15 is 0 Å². The average Bonchev–Trinajstić information content (AvgIpc) is 2.63. The van der Waals surface area contributed by atoms with Crippen molar-refractivity contribution in [3.05, 3.63) is 52.5 Å². The van der Waals surface area contributed by atoms with Crippen LogP contribution in [0.1, 0.15) is 20.3 Å². The van der Waals surface area contributed by atoms with Crippen molar-refractivity contribution in [2.45, 2.75) is 31.2 Å². The first-order valence-corrected chi connectivity index (χ1v) is 10.5. The van der Waals surface area contributed by atoms with Crippen molar-refractivity contribution in [1.82, 2.24) is 4.72 Å². The molecule has 0 spiro atoms. The maximum absolute atomic E-state index is 12.2. The smallest absolute Gasteiger partial charge is 0.262 e. The van der Waals surface area contributed by atoms with Gasteiger partial charge in [0.05, 0.1) is 20.6 Å². The Morgan fingerprint density at radius 1 is 1.15 bits per heavy atom. The number of carbonyl (C=O) groups excluding carboxylic acids is 1. The predicted octanol–water partition coefficient (Wildman–Crippen LogP) is 4.09. The Labute approximate surface area is 168 Å². The molecule has 2 N–H and O–H groups in total. The first-order chi connectivity index (χ1) is 12.7. The summed E-state index contributed by atoms with van der Waals surface area (Å²) in [5.74, 6) is -0.0564. The summed E-state index contributed by atoms with van der Waals surface area (Å²) in [6, 6.07) is 10.6. The summed E-state index contributed by atoms with van der Waals surface area (Å²) in [5.41, 5.74) is 0.385. The first kappa shape index (κ1) is 21.5. The lowest BCUT2D eigenvalue weighted by Gasteiger charge is -2.13. The minimum absolute atomic E-state index is 0.130. The molecule has 0 aromatic heterocycles. The number of sulfonamides is 1. The summed E-state index contributed by atoms with van der Waals surface area (Å²) >= 11 is 11.9. The number of carbonyl (C=O) groups is 1. The third-order valence-electron chi connectivity index (χ3n) is 3.70. The van der Waals surface area contributed by atoms with Gasteiger partial charge in [-0.25, -0.2) is 13.1 Å². The zero-order valence-corrected chi connectivity index (χ0v) is 17.2. The van der Waals surface area contributed by atoms with Crippen LogP contribution in [0.25, 0.3) is 0 Å². The molecule has 0 saturated carbocycles. The highest BCUT2D eigenvalue weighted by Crippen LogP contribution is 2.29. The van der Waals surface area contributed by atoms with Crippen LogP contribution in [-0.2, 0) is 14.8 Å². The number of anilines is 1. The Hall–Kier alpha value is -1.80. The fourth-order valence-electron chi connectivity index (χ4n) is 2.07. The molecule has 27 heavy (non-hydrogen) atoms. The lowest BCUT2D eigenvalue weighted by Crippen LogP contribution is -2.31. The molecule has 0 heterocycles. The number of hydrogen-bond donors (Lipinski definition) is 2. The highest BCUT2D eigenvalue weighted by molar-refractivity contribution is 7.89. The van der Waals surface area contributed by atoms with Gasteiger partial charge in [-0.2, -0.15) is 0 Å². The molecule has 9 heteroatoms. The summed E-state index contributed by atoms with van der Waals surface area (Å²) < 4.78 is 32.4. The van der Waals surface area contributed by atoms with Gasteiger partial charge in [-0.3, -0.25) is 4.79 Å². The minimum atomic E-state index is -3.58. The normalized spacial score (nSPS) is 12.4. The number of amides is 1. The molecule has 0 radical (unpaired) electrons. The molecule has 2 aromatic rings. The van der Waals surface area contributed by atoms with Crippen LogP contribution in [0.3, 0.4) is 0 Å². The summed E-state index contributed by atoms with van der Waals surface area (Å²) in [6.07, 6.45) is 0.687. The Balaban J connectivity index is 1.95. The van der Waals surface area contributed by atoms with E-state index in [4.69, 9.17) is 27.9 Å². The molecule has 1 unspecified atom stereocenters. The molecule has 1 amide bonds. The largest absolute Gasteiger partial charge is 0.484 e. The SMILES string of the molecule is CCC(C)NS(=O)(=O)c1ccc(OCC(=O)Nc2cccc(Cl)c2Cl)cc1. The van der Waals surface area contributed by atoms with E-state index < -0.39 is 15.9 Å². The minimum Gasteiger partial charge on any atom is -0.484 e. The van der Waals surface area contributed by atoms with Crippen molar-refractivity contribution in [3.63, 3.8) is 0 Å². The summed E-state index contributed by atoms with van der Waals surface area (Å²) in [6.45, 7) is 3.42. The third-order valence-corrected chi connectivity index (χ3v) is 6.12. The van der Waals surface area contributed by atoms with E-state index in [9.17, 15) is 13.2 Å². The zero-order valence-electron chi connectivity index (χ0n) is 14.8. The molecule has 2 rings (SSSR count). The van der Waals surface area contributed by atoms with Crippen LogP contribution in [-0.4, -0.2) is 27.0 Å². The van der Waals surface area contributed by atoms with Crippen LogP contribution in [0.15, 0.2) is 47.4 Å². The predicted molar refractivity (Wildman–Crippen MR) is 107 cm³/mol. The average molecular weight is 431 g/mol. The summed E-state index contributed by atoms with van der Waals surface area (Å²) in [5, 5.41) is 3.18. The highest BCUT2D eigenvalue weighted by Gasteiger charge is 2.16. The van der Waals surface area contributed by atoms with Gasteiger partial charge in [0.2, 0.25) is 10.0 Å². The van der Waals surface area contributed by atoms with Crippen LogP contribution in [0, 0.1) is 0 Å². The second-order valence-corrected chi connectivity index (χ2v) is 8.34. The summed E-state index contributed by atoms with van der Waals surface area (Å²) in [7, 11) is -3.58. The van der Waals surface area contributed by atoms with E-state index in [1.807, 2.05) is 6.92 Å². The van der Waals surface area contributed by atoms with Crippen LogP contribution < -0.4 is 14.8 Å². The topological polar surface area (TPSA) is 84.5 Å². The van der Waals surface area contributed by atoms with Crippen LogP contribution in [0.2, 0.25) is 10.0 Å². The molecule has 0 saturated heterocycles. The Kier molecular flexibility index (Phi) is 7.49. The molecule has 2 aromatic carbocycles. The van der Waals surface area contributed by atoms with Crippen molar-refractivity contribution in [1.29, 1.82) is 0 Å². The van der Waals surface area contributed by atoms with Crippen molar-refractivity contribution in [2.24, 2.45) is 0 Å². The molecule has 6 nitrogen and oxygen atoms in total. The van der Waals surface area contributed by atoms with Crippen LogP contribution in [0.5, 0.6) is 5.75 Å². The fourth-order valence-corrected chi connectivity index (χ4v) is 3.74. The second-order valence-electron chi connectivity index (χ2n) is 5.84. The molecule has 0 aliphatic rings. The molecule has 1 atom stereocenters. The van der Waals surface area contributed by atoms with Gasteiger partial charge in [0.15, 0.2) is 6.61 Å². The van der Waals surface area contributed by atoms with Gasteiger partial charge in [0.1, 0.15) is 5.75 Å². The van der Waals surface area contributed by atoms with Crippen molar-refractivity contribution in [3.8, 4) is 5.75 Å². The molecule has 0 aliphatic carbocycles. The molecule has 0 fully saturated rings. The van der Waals surface area contributed by atoms with Crippen LogP contribution in [0.4, 0.5) is 5.69 Å². The molecule has 0 bridgehead atoms. The Morgan fingerprint density at radius 3 is 2.44 bits per heavy atom. The standard InChI is InChI=1S/C18H20Cl2N2O4S/c1-3-12(2)22-27(24,25)14-9-7-13(8-10-14)26-11-17(23)21-16-6-4-5-15(19)18(16)20/h4-10,12,22H,3,11H2,1-2H3,(H,21,23). The van der Waals surface area contributed by atoms with Gasteiger partial charge in [-0.05, 0) is 49.7 Å². The van der Waals surface area contributed by atoms with Gasteiger partial charge in [-0.15, -0.1) is 0 Å². The van der Waals surface area contributed by atoms with E-state index in [1.165, 1.54) is 24.3 Å². The lowest BCUT2D eigenvalue weighted by molar-refractivity contribution is -0.118. The molecular formula is C18H20Cl2N2O4S.